The smallest absolute Gasteiger partial charge is 0.265 e. The van der Waals surface area contributed by atoms with Crippen LogP contribution in [-0.2, 0) is 0 Å². The molecule has 2 atom stereocenters. The van der Waals surface area contributed by atoms with Crippen molar-refractivity contribution in [3.8, 4) is 5.75 Å². The second kappa shape index (κ2) is 6.20. The number of amides is 1. The molecule has 102 valence electrons. The van der Waals surface area contributed by atoms with Gasteiger partial charge in [0, 0.05) is 6.54 Å². The van der Waals surface area contributed by atoms with Gasteiger partial charge in [-0.15, -0.1) is 11.3 Å². The van der Waals surface area contributed by atoms with Gasteiger partial charge in [-0.2, -0.15) is 0 Å². The number of aliphatic hydroxyl groups is 1. The summed E-state index contributed by atoms with van der Waals surface area (Å²) in [5.74, 6) is 0.495. The van der Waals surface area contributed by atoms with E-state index in [9.17, 15) is 9.90 Å². The SMILES string of the molecule is CC[C@H](C)[C@@](C)(O)CNC(=O)c1sccc1OC. The highest BCUT2D eigenvalue weighted by Crippen LogP contribution is 2.24. The van der Waals surface area contributed by atoms with E-state index in [4.69, 9.17) is 4.74 Å². The van der Waals surface area contributed by atoms with Gasteiger partial charge in [0.15, 0.2) is 0 Å². The van der Waals surface area contributed by atoms with Gasteiger partial charge < -0.3 is 15.2 Å². The first-order valence-corrected chi connectivity index (χ1v) is 6.92. The molecule has 2 N–H and O–H groups in total. The van der Waals surface area contributed by atoms with Crippen LogP contribution in [0, 0.1) is 5.92 Å². The normalized spacial score (nSPS) is 15.8. The summed E-state index contributed by atoms with van der Waals surface area (Å²) >= 11 is 1.33. The minimum Gasteiger partial charge on any atom is -0.495 e. The molecule has 1 rings (SSSR count). The molecule has 0 aliphatic carbocycles. The molecule has 0 radical (unpaired) electrons. The quantitative estimate of drug-likeness (QED) is 0.834. The Bertz CT molecular complexity index is 401. The largest absolute Gasteiger partial charge is 0.495 e. The number of carbonyl (C=O) groups is 1. The van der Waals surface area contributed by atoms with Gasteiger partial charge in [-0.3, -0.25) is 4.79 Å². The van der Waals surface area contributed by atoms with E-state index in [-0.39, 0.29) is 18.4 Å². The van der Waals surface area contributed by atoms with E-state index in [0.717, 1.165) is 6.42 Å². The van der Waals surface area contributed by atoms with Gasteiger partial charge >= 0.3 is 0 Å². The van der Waals surface area contributed by atoms with E-state index in [1.54, 1.807) is 18.4 Å². The maximum atomic E-state index is 12.0. The standard InChI is InChI=1S/C13H21NO3S/c1-5-9(2)13(3,16)8-14-12(15)11-10(17-4)6-7-18-11/h6-7,9,16H,5,8H2,1-4H3,(H,14,15)/t9-,13-/m0/s1. The van der Waals surface area contributed by atoms with E-state index in [2.05, 4.69) is 5.32 Å². The van der Waals surface area contributed by atoms with E-state index < -0.39 is 5.60 Å². The summed E-state index contributed by atoms with van der Waals surface area (Å²) in [6.07, 6.45) is 0.866. The van der Waals surface area contributed by atoms with Crippen molar-refractivity contribution in [2.24, 2.45) is 5.92 Å². The molecule has 18 heavy (non-hydrogen) atoms. The molecule has 0 aliphatic rings. The number of methoxy groups -OCH3 is 1. The average molecular weight is 271 g/mol. The fraction of sp³-hybridized carbons (Fsp3) is 0.615. The van der Waals surface area contributed by atoms with Crippen LogP contribution in [0.15, 0.2) is 11.4 Å². The Hall–Kier alpha value is -1.07. The van der Waals surface area contributed by atoms with Crippen molar-refractivity contribution in [2.75, 3.05) is 13.7 Å². The van der Waals surface area contributed by atoms with Crippen LogP contribution in [0.2, 0.25) is 0 Å². The lowest BCUT2D eigenvalue weighted by molar-refractivity contribution is 0.00594. The third-order valence-electron chi connectivity index (χ3n) is 3.34. The summed E-state index contributed by atoms with van der Waals surface area (Å²) in [4.78, 5) is 12.5. The minimum absolute atomic E-state index is 0.128. The van der Waals surface area contributed by atoms with Crippen LogP contribution < -0.4 is 10.1 Å². The fourth-order valence-corrected chi connectivity index (χ4v) is 2.35. The van der Waals surface area contributed by atoms with Crippen molar-refractivity contribution >= 4 is 17.2 Å². The summed E-state index contributed by atoms with van der Waals surface area (Å²) in [5.41, 5.74) is -0.894. The van der Waals surface area contributed by atoms with Crippen LogP contribution in [0.3, 0.4) is 0 Å². The molecule has 1 aromatic heterocycles. The molecule has 0 fully saturated rings. The zero-order chi connectivity index (χ0) is 13.8. The Morgan fingerprint density at radius 1 is 1.67 bits per heavy atom. The van der Waals surface area contributed by atoms with E-state index in [1.165, 1.54) is 18.4 Å². The fourth-order valence-electron chi connectivity index (χ4n) is 1.58. The van der Waals surface area contributed by atoms with Crippen LogP contribution in [0.25, 0.3) is 0 Å². The number of rotatable bonds is 6. The molecule has 0 unspecified atom stereocenters. The second-order valence-corrected chi connectivity index (χ2v) is 5.58. The summed E-state index contributed by atoms with van der Waals surface area (Å²) in [6, 6.07) is 1.76. The van der Waals surface area contributed by atoms with Crippen molar-refractivity contribution < 1.29 is 14.6 Å². The van der Waals surface area contributed by atoms with Gasteiger partial charge in [0.05, 0.1) is 12.7 Å². The second-order valence-electron chi connectivity index (χ2n) is 4.67. The summed E-state index contributed by atoms with van der Waals surface area (Å²) in [6.45, 7) is 5.97. The van der Waals surface area contributed by atoms with Crippen LogP contribution in [0.5, 0.6) is 5.75 Å². The van der Waals surface area contributed by atoms with Crippen LogP contribution in [0.1, 0.15) is 36.9 Å². The first kappa shape index (κ1) is 15.0. The molecule has 0 bridgehead atoms. The number of hydrogen-bond acceptors (Lipinski definition) is 4. The molecule has 0 aromatic carbocycles. The van der Waals surface area contributed by atoms with Crippen molar-refractivity contribution in [3.63, 3.8) is 0 Å². The Kier molecular flexibility index (Phi) is 5.16. The molecule has 4 nitrogen and oxygen atoms in total. The number of nitrogens with one attached hydrogen (secondary N) is 1. The Balaban J connectivity index is 2.62. The topological polar surface area (TPSA) is 58.6 Å². The summed E-state index contributed by atoms with van der Waals surface area (Å²) < 4.78 is 5.09. The van der Waals surface area contributed by atoms with Crippen molar-refractivity contribution in [1.82, 2.24) is 5.32 Å². The predicted octanol–water partition coefficient (Wildman–Crippen LogP) is 2.28. The molecule has 0 saturated heterocycles. The number of ether oxygens (including phenoxy) is 1. The zero-order valence-corrected chi connectivity index (χ0v) is 12.1. The minimum atomic E-state index is -0.894. The third kappa shape index (κ3) is 3.46. The van der Waals surface area contributed by atoms with Gasteiger partial charge in [-0.05, 0) is 24.3 Å². The van der Waals surface area contributed by atoms with Crippen molar-refractivity contribution in [3.05, 3.63) is 16.3 Å². The highest BCUT2D eigenvalue weighted by Gasteiger charge is 2.28. The van der Waals surface area contributed by atoms with Gasteiger partial charge in [-0.1, -0.05) is 20.3 Å². The lowest BCUT2D eigenvalue weighted by atomic mass is 9.88. The van der Waals surface area contributed by atoms with Gasteiger partial charge in [0.25, 0.3) is 5.91 Å². The van der Waals surface area contributed by atoms with E-state index in [0.29, 0.717) is 10.6 Å². The molecular formula is C13H21NO3S. The number of thiophene rings is 1. The summed E-state index contributed by atoms with van der Waals surface area (Å²) in [7, 11) is 1.54. The first-order chi connectivity index (χ1) is 8.42. The molecule has 1 heterocycles. The monoisotopic (exact) mass is 271 g/mol. The van der Waals surface area contributed by atoms with Gasteiger partial charge in [-0.25, -0.2) is 0 Å². The van der Waals surface area contributed by atoms with E-state index >= 15 is 0 Å². The van der Waals surface area contributed by atoms with Crippen LogP contribution in [-0.4, -0.2) is 30.3 Å². The third-order valence-corrected chi connectivity index (χ3v) is 4.23. The lowest BCUT2D eigenvalue weighted by Crippen LogP contribution is -2.44. The van der Waals surface area contributed by atoms with E-state index in [1.807, 2.05) is 13.8 Å². The lowest BCUT2D eigenvalue weighted by Gasteiger charge is -2.29. The highest BCUT2D eigenvalue weighted by atomic mass is 32.1. The number of carbonyl (C=O) groups excluding carboxylic acids is 1. The van der Waals surface area contributed by atoms with Gasteiger partial charge in [0.1, 0.15) is 10.6 Å². The molecular weight excluding hydrogens is 250 g/mol. The maximum absolute atomic E-state index is 12.0. The molecule has 0 aliphatic heterocycles. The maximum Gasteiger partial charge on any atom is 0.265 e. The Labute approximate surface area is 112 Å². The molecule has 5 heteroatoms. The summed E-state index contributed by atoms with van der Waals surface area (Å²) in [5, 5.41) is 14.8. The number of hydrogen-bond donors (Lipinski definition) is 2. The Morgan fingerprint density at radius 2 is 2.33 bits per heavy atom. The van der Waals surface area contributed by atoms with Crippen molar-refractivity contribution in [1.29, 1.82) is 0 Å². The van der Waals surface area contributed by atoms with Crippen molar-refractivity contribution in [2.45, 2.75) is 32.8 Å². The molecule has 1 amide bonds. The van der Waals surface area contributed by atoms with Gasteiger partial charge in [0.2, 0.25) is 0 Å². The molecule has 0 spiro atoms. The highest BCUT2D eigenvalue weighted by molar-refractivity contribution is 7.12. The molecule has 1 aromatic rings. The molecule has 0 saturated carbocycles. The zero-order valence-electron chi connectivity index (χ0n) is 11.3. The first-order valence-electron chi connectivity index (χ1n) is 6.04. The predicted molar refractivity (Wildman–Crippen MR) is 73.3 cm³/mol. The van der Waals surface area contributed by atoms with Crippen LogP contribution >= 0.6 is 11.3 Å². The Morgan fingerprint density at radius 3 is 2.89 bits per heavy atom. The van der Waals surface area contributed by atoms with Crippen LogP contribution in [0.4, 0.5) is 0 Å². The average Bonchev–Trinajstić information content (AvgIpc) is 2.83.